The third kappa shape index (κ3) is 6.13. The third-order valence-corrected chi connectivity index (χ3v) is 5.07. The van der Waals surface area contributed by atoms with Gasteiger partial charge in [-0.1, -0.05) is 29.5 Å². The molecule has 4 rings (SSSR count). The van der Waals surface area contributed by atoms with Crippen LogP contribution in [0.1, 0.15) is 11.4 Å². The number of para-hydroxylation sites is 1. The molecule has 36 heavy (non-hydrogen) atoms. The van der Waals surface area contributed by atoms with E-state index in [-0.39, 0.29) is 6.61 Å². The highest BCUT2D eigenvalue weighted by Crippen LogP contribution is 2.26. The molecule has 15 nitrogen and oxygen atoms in total. The lowest BCUT2D eigenvalue weighted by Crippen LogP contribution is -2.58. The molecule has 3 N–H and O–H groups in total. The Hall–Kier alpha value is -4.50. The molecule has 1 unspecified atom stereocenters. The molecule has 1 aliphatic rings. The van der Waals surface area contributed by atoms with E-state index in [0.29, 0.717) is 12.2 Å². The Balaban J connectivity index is 1.42. The summed E-state index contributed by atoms with van der Waals surface area (Å²) in [5.74, 6) is 0. The van der Waals surface area contributed by atoms with Crippen molar-refractivity contribution < 1.29 is 53.4 Å². The van der Waals surface area contributed by atoms with Gasteiger partial charge in [-0.25, -0.2) is 19.1 Å². The van der Waals surface area contributed by atoms with Crippen molar-refractivity contribution in [1.82, 2.24) is 20.0 Å². The summed E-state index contributed by atoms with van der Waals surface area (Å²) < 4.78 is 26.3. The smallest absolute Gasteiger partial charge is 0.450 e. The van der Waals surface area contributed by atoms with Gasteiger partial charge < -0.3 is 39.0 Å². The van der Waals surface area contributed by atoms with Crippen molar-refractivity contribution >= 4 is 29.4 Å². The van der Waals surface area contributed by atoms with E-state index < -0.39 is 49.7 Å². The van der Waals surface area contributed by atoms with E-state index in [4.69, 9.17) is 29.5 Å². The fraction of sp³-hybridized carbons (Fsp3) is 0.333. The summed E-state index contributed by atoms with van der Waals surface area (Å²) in [5, 5.41) is 36.0. The van der Waals surface area contributed by atoms with Crippen molar-refractivity contribution in [1.29, 1.82) is 0 Å². The first-order chi connectivity index (χ1) is 17.3. The van der Waals surface area contributed by atoms with Crippen molar-refractivity contribution in [3.63, 3.8) is 0 Å². The summed E-state index contributed by atoms with van der Waals surface area (Å²) >= 11 is 0. The van der Waals surface area contributed by atoms with Crippen LogP contribution in [0.5, 0.6) is 0 Å². The van der Waals surface area contributed by atoms with Gasteiger partial charge in [0, 0.05) is 5.39 Å². The van der Waals surface area contributed by atoms with Crippen LogP contribution in [0.25, 0.3) is 10.9 Å². The Morgan fingerprint density at radius 3 is 2.42 bits per heavy atom. The lowest BCUT2D eigenvalue weighted by atomic mass is 10.0. The maximum Gasteiger partial charge on any atom is 0.506 e. The van der Waals surface area contributed by atoms with Crippen LogP contribution < -0.4 is 0 Å². The van der Waals surface area contributed by atoms with Crippen LogP contribution in [-0.2, 0) is 36.8 Å². The molecule has 3 aromatic rings. The second-order valence-corrected chi connectivity index (χ2v) is 7.53. The maximum absolute atomic E-state index is 11.2. The average molecular weight is 504 g/mol. The zero-order valence-corrected chi connectivity index (χ0v) is 18.4. The summed E-state index contributed by atoms with van der Waals surface area (Å²) in [6, 6.07) is 11.5. The molecule has 1 aliphatic heterocycles. The normalized spacial score (nSPS) is 21.6. The van der Waals surface area contributed by atoms with Crippen molar-refractivity contribution in [2.75, 3.05) is 6.61 Å². The summed E-state index contributed by atoms with van der Waals surface area (Å²) in [7, 11) is 0. The highest BCUT2D eigenvalue weighted by molar-refractivity contribution is 5.78. The zero-order valence-electron chi connectivity index (χ0n) is 18.4. The van der Waals surface area contributed by atoms with Crippen molar-refractivity contribution in [2.24, 2.45) is 0 Å². The first-order valence-corrected chi connectivity index (χ1v) is 10.4. The van der Waals surface area contributed by atoms with Crippen LogP contribution in [0.2, 0.25) is 0 Å². The molecule has 0 aliphatic carbocycles. The first kappa shape index (κ1) is 24.6. The van der Waals surface area contributed by atoms with Crippen molar-refractivity contribution in [3.05, 3.63) is 54.0 Å². The second-order valence-electron chi connectivity index (χ2n) is 7.53. The highest BCUT2D eigenvalue weighted by Gasteiger charge is 2.48. The zero-order chi connectivity index (χ0) is 25.7. The van der Waals surface area contributed by atoms with Gasteiger partial charge in [0.1, 0.15) is 5.69 Å². The molecule has 190 valence electrons. The predicted octanol–water partition coefficient (Wildman–Crippen LogP) is 1.94. The first-order valence-electron chi connectivity index (χ1n) is 10.4. The predicted molar refractivity (Wildman–Crippen MR) is 114 cm³/mol. The van der Waals surface area contributed by atoms with Crippen LogP contribution in [0.4, 0.5) is 14.4 Å². The number of hydrogen-bond acceptors (Lipinski definition) is 11. The van der Waals surface area contributed by atoms with Gasteiger partial charge in [0.05, 0.1) is 37.2 Å². The van der Waals surface area contributed by atoms with E-state index in [1.54, 1.807) is 6.20 Å². The number of nitrogens with zero attached hydrogens (tertiary/aromatic N) is 4. The van der Waals surface area contributed by atoms with Crippen molar-refractivity contribution in [3.8, 4) is 0 Å². The maximum atomic E-state index is 11.2. The van der Waals surface area contributed by atoms with Gasteiger partial charge in [-0.2, -0.15) is 0 Å². The van der Waals surface area contributed by atoms with E-state index in [9.17, 15) is 14.4 Å². The molecule has 1 aromatic carbocycles. The lowest BCUT2D eigenvalue weighted by Gasteiger charge is -2.38. The molecular weight excluding hydrogens is 484 g/mol. The number of ether oxygens (including phenoxy) is 5. The molecule has 0 radical (unpaired) electrons. The van der Waals surface area contributed by atoms with E-state index >= 15 is 0 Å². The molecule has 4 atom stereocenters. The van der Waals surface area contributed by atoms with Gasteiger partial charge >= 0.3 is 18.5 Å². The topological polar surface area (TPSA) is 202 Å². The number of carbonyl (C=O) groups is 3. The van der Waals surface area contributed by atoms with Gasteiger partial charge in [0.15, 0.2) is 24.6 Å². The Morgan fingerprint density at radius 2 is 1.67 bits per heavy atom. The summed E-state index contributed by atoms with van der Waals surface area (Å²) in [6.07, 6.45) is -10.1. The molecule has 1 fully saturated rings. The van der Waals surface area contributed by atoms with Gasteiger partial charge in [0.25, 0.3) is 0 Å². The number of carboxylic acid groups (broad SMARTS) is 3. The average Bonchev–Trinajstić information content (AvgIpc) is 3.27. The molecule has 0 spiro atoms. The Labute approximate surface area is 201 Å². The minimum atomic E-state index is -1.80. The highest BCUT2D eigenvalue weighted by atomic mass is 16.8. The molecule has 1 saturated heterocycles. The van der Waals surface area contributed by atoms with Gasteiger partial charge in [-0.05, 0) is 12.1 Å². The molecular formula is C21H20N4O11. The number of benzene rings is 1. The number of aromatic nitrogens is 4. The van der Waals surface area contributed by atoms with E-state index in [2.05, 4.69) is 24.8 Å². The standard InChI is InChI=1S/C21H20N4O11/c26-19(27)34-15-10-33-18(17(36-21(30)31)16(15)35-20(28)29)32-9-13-8-25(24-23-13)7-12-6-5-11-3-1-2-4-14(11)22-12/h1-6,8,15-18H,7,9-10H2,(H,26,27)(H,28,29)(H,30,31)/t15-,16-,17?,18+/m0/s1. The SMILES string of the molecule is O=C(O)OC1[C@H](OCc2cn(Cc3ccc4ccccc4n3)nn2)OC[C@H](OC(=O)O)[C@@H]1OC(=O)O. The number of hydrogen-bond donors (Lipinski definition) is 3. The van der Waals surface area contributed by atoms with Gasteiger partial charge in [-0.3, -0.25) is 4.98 Å². The molecule has 0 amide bonds. The van der Waals surface area contributed by atoms with Crippen LogP contribution in [0, 0.1) is 0 Å². The lowest BCUT2D eigenvalue weighted by molar-refractivity contribution is -0.276. The Kier molecular flexibility index (Phi) is 7.41. The monoisotopic (exact) mass is 504 g/mol. The summed E-state index contributed by atoms with van der Waals surface area (Å²) in [5.41, 5.74) is 1.92. The molecule has 0 bridgehead atoms. The van der Waals surface area contributed by atoms with Crippen LogP contribution in [0.3, 0.4) is 0 Å². The van der Waals surface area contributed by atoms with E-state index in [0.717, 1.165) is 16.6 Å². The van der Waals surface area contributed by atoms with Crippen molar-refractivity contribution in [2.45, 2.75) is 37.8 Å². The molecule has 0 saturated carbocycles. The van der Waals surface area contributed by atoms with E-state index in [1.807, 2.05) is 36.4 Å². The Bertz CT molecular complexity index is 1250. The summed E-state index contributed by atoms with van der Waals surface area (Å²) in [4.78, 5) is 37.8. The van der Waals surface area contributed by atoms with Gasteiger partial charge in [-0.15, -0.1) is 5.10 Å². The number of pyridine rings is 1. The fourth-order valence-corrected chi connectivity index (χ4v) is 3.63. The minimum absolute atomic E-state index is 0.223. The third-order valence-electron chi connectivity index (χ3n) is 5.07. The van der Waals surface area contributed by atoms with Gasteiger partial charge in [0.2, 0.25) is 0 Å². The Morgan fingerprint density at radius 1 is 0.944 bits per heavy atom. The molecule has 2 aromatic heterocycles. The quantitative estimate of drug-likeness (QED) is 0.296. The minimum Gasteiger partial charge on any atom is -0.450 e. The van der Waals surface area contributed by atoms with Crippen LogP contribution in [-0.4, -0.2) is 85.0 Å². The molecule has 15 heteroatoms. The van der Waals surface area contributed by atoms with Crippen LogP contribution in [0.15, 0.2) is 42.6 Å². The number of fused-ring (bicyclic) bond motifs is 1. The molecule has 3 heterocycles. The summed E-state index contributed by atoms with van der Waals surface area (Å²) in [6.45, 7) is -0.375. The van der Waals surface area contributed by atoms with Crippen LogP contribution >= 0.6 is 0 Å². The van der Waals surface area contributed by atoms with E-state index in [1.165, 1.54) is 4.68 Å². The fourth-order valence-electron chi connectivity index (χ4n) is 3.63. The largest absolute Gasteiger partial charge is 0.506 e. The second kappa shape index (κ2) is 10.8. The number of rotatable bonds is 8.